The van der Waals surface area contributed by atoms with Gasteiger partial charge < -0.3 is 10.0 Å². The molecule has 0 aliphatic heterocycles. The largest absolute Gasteiger partial charge is 0.480 e. The van der Waals surface area contributed by atoms with Gasteiger partial charge in [0.25, 0.3) is 0 Å². The lowest BCUT2D eigenvalue weighted by molar-refractivity contribution is -0.135. The molecule has 0 saturated heterocycles. The second-order valence-electron chi connectivity index (χ2n) is 4.53. The van der Waals surface area contributed by atoms with Crippen molar-refractivity contribution in [2.75, 3.05) is 24.5 Å². The molecule has 2 amide bonds. The quantitative estimate of drug-likeness (QED) is 0.834. The first-order valence-electron chi connectivity index (χ1n) is 6.93. The Balaban J connectivity index is 2.92. The van der Waals surface area contributed by atoms with Crippen LogP contribution in [0.3, 0.4) is 0 Å². The predicted octanol–water partition coefficient (Wildman–Crippen LogP) is 2.82. The van der Waals surface area contributed by atoms with E-state index in [1.165, 1.54) is 4.90 Å². The molecule has 0 atom stereocenters. The number of hydrogen-bond acceptors (Lipinski definition) is 2. The first-order valence-corrected chi connectivity index (χ1v) is 6.93. The first-order chi connectivity index (χ1) is 9.60. The van der Waals surface area contributed by atoms with Crippen LogP contribution in [0.1, 0.15) is 26.7 Å². The number of benzene rings is 1. The van der Waals surface area contributed by atoms with Gasteiger partial charge in [0.1, 0.15) is 6.54 Å². The minimum absolute atomic E-state index is 0.255. The van der Waals surface area contributed by atoms with Crippen molar-refractivity contribution in [3.05, 3.63) is 30.3 Å². The molecule has 1 N–H and O–H groups in total. The van der Waals surface area contributed by atoms with E-state index in [1.807, 2.05) is 13.0 Å². The van der Waals surface area contributed by atoms with E-state index in [1.54, 1.807) is 29.2 Å². The fourth-order valence-electron chi connectivity index (χ4n) is 1.92. The van der Waals surface area contributed by atoms with Crippen LogP contribution in [0.5, 0.6) is 0 Å². The number of carboxylic acids is 1. The van der Waals surface area contributed by atoms with Gasteiger partial charge in [-0.15, -0.1) is 0 Å². The van der Waals surface area contributed by atoms with Crippen LogP contribution in [0.25, 0.3) is 0 Å². The van der Waals surface area contributed by atoms with Gasteiger partial charge in [0.05, 0.1) is 0 Å². The smallest absolute Gasteiger partial charge is 0.325 e. The maximum atomic E-state index is 12.5. The van der Waals surface area contributed by atoms with E-state index in [2.05, 4.69) is 6.92 Å². The van der Waals surface area contributed by atoms with E-state index >= 15 is 0 Å². The van der Waals surface area contributed by atoms with Crippen LogP contribution in [0, 0.1) is 0 Å². The van der Waals surface area contributed by atoms with Crippen molar-refractivity contribution < 1.29 is 14.7 Å². The number of urea groups is 1. The Hall–Kier alpha value is -2.04. The number of aliphatic carboxylic acids is 1. The number of nitrogens with zero attached hydrogens (tertiary/aromatic N) is 2. The van der Waals surface area contributed by atoms with Gasteiger partial charge in [-0.1, -0.05) is 31.5 Å². The third-order valence-electron chi connectivity index (χ3n) is 3.03. The van der Waals surface area contributed by atoms with Gasteiger partial charge in [0.2, 0.25) is 0 Å². The predicted molar refractivity (Wildman–Crippen MR) is 79.0 cm³/mol. The van der Waals surface area contributed by atoms with Gasteiger partial charge in [0, 0.05) is 18.8 Å². The summed E-state index contributed by atoms with van der Waals surface area (Å²) in [4.78, 5) is 26.5. The Kier molecular flexibility index (Phi) is 6.56. The molecule has 0 spiro atoms. The lowest BCUT2D eigenvalue weighted by atomic mass is 10.3. The Bertz CT molecular complexity index is 434. The van der Waals surface area contributed by atoms with E-state index in [0.29, 0.717) is 18.8 Å². The third kappa shape index (κ3) is 4.57. The van der Waals surface area contributed by atoms with E-state index < -0.39 is 5.97 Å². The highest BCUT2D eigenvalue weighted by atomic mass is 16.4. The zero-order valence-corrected chi connectivity index (χ0v) is 12.1. The molecule has 0 unspecified atom stereocenters. The third-order valence-corrected chi connectivity index (χ3v) is 3.03. The van der Waals surface area contributed by atoms with Crippen molar-refractivity contribution in [2.45, 2.75) is 26.7 Å². The Morgan fingerprint density at radius 1 is 1.15 bits per heavy atom. The SMILES string of the molecule is CCCCN(CC)C(=O)N(CC(=O)O)c1ccccc1. The molecule has 0 fully saturated rings. The van der Waals surface area contributed by atoms with Crippen molar-refractivity contribution in [3.8, 4) is 0 Å². The fraction of sp³-hybridized carbons (Fsp3) is 0.467. The van der Waals surface area contributed by atoms with Gasteiger partial charge >= 0.3 is 12.0 Å². The molecular weight excluding hydrogens is 256 g/mol. The number of rotatable bonds is 7. The number of carboxylic acid groups (broad SMARTS) is 1. The molecule has 0 saturated carbocycles. The Labute approximate surface area is 119 Å². The van der Waals surface area contributed by atoms with Crippen molar-refractivity contribution >= 4 is 17.7 Å². The summed E-state index contributed by atoms with van der Waals surface area (Å²) < 4.78 is 0. The average Bonchev–Trinajstić information content (AvgIpc) is 2.46. The molecule has 110 valence electrons. The number of para-hydroxylation sites is 1. The van der Waals surface area contributed by atoms with Gasteiger partial charge in [-0.25, -0.2) is 4.79 Å². The molecule has 1 aromatic carbocycles. The van der Waals surface area contributed by atoms with Gasteiger partial charge in [-0.3, -0.25) is 9.69 Å². The second-order valence-corrected chi connectivity index (χ2v) is 4.53. The minimum Gasteiger partial charge on any atom is -0.480 e. The summed E-state index contributed by atoms with van der Waals surface area (Å²) in [7, 11) is 0. The molecule has 0 heterocycles. The van der Waals surface area contributed by atoms with Crippen molar-refractivity contribution in [3.63, 3.8) is 0 Å². The lowest BCUT2D eigenvalue weighted by Gasteiger charge is -2.29. The van der Waals surface area contributed by atoms with Crippen LogP contribution in [-0.4, -0.2) is 41.6 Å². The zero-order chi connectivity index (χ0) is 15.0. The van der Waals surface area contributed by atoms with Gasteiger partial charge in [0.15, 0.2) is 0 Å². The summed E-state index contributed by atoms with van der Waals surface area (Å²) in [6.07, 6.45) is 1.91. The molecule has 1 aromatic rings. The van der Waals surface area contributed by atoms with Crippen LogP contribution in [0.4, 0.5) is 10.5 Å². The number of unbranched alkanes of at least 4 members (excludes halogenated alkanes) is 1. The molecule has 1 rings (SSSR count). The van der Waals surface area contributed by atoms with Crippen LogP contribution >= 0.6 is 0 Å². The topological polar surface area (TPSA) is 60.9 Å². The lowest BCUT2D eigenvalue weighted by Crippen LogP contribution is -2.46. The summed E-state index contributed by atoms with van der Waals surface area (Å²) in [6, 6.07) is 8.65. The van der Waals surface area contributed by atoms with Crippen molar-refractivity contribution in [2.24, 2.45) is 0 Å². The summed E-state index contributed by atoms with van der Waals surface area (Å²) in [5.74, 6) is -1.02. The first kappa shape index (κ1) is 16.0. The van der Waals surface area contributed by atoms with Crippen LogP contribution in [0.15, 0.2) is 30.3 Å². The molecule has 20 heavy (non-hydrogen) atoms. The molecule has 0 aliphatic rings. The fourth-order valence-corrected chi connectivity index (χ4v) is 1.92. The molecule has 0 radical (unpaired) electrons. The summed E-state index contributed by atoms with van der Waals surface area (Å²) in [5.41, 5.74) is 0.606. The molecule has 0 aliphatic carbocycles. The van der Waals surface area contributed by atoms with Crippen LogP contribution in [-0.2, 0) is 4.79 Å². The second kappa shape index (κ2) is 8.19. The summed E-state index contributed by atoms with van der Waals surface area (Å²) >= 11 is 0. The maximum absolute atomic E-state index is 12.5. The molecule has 0 bridgehead atoms. The number of anilines is 1. The van der Waals surface area contributed by atoms with E-state index in [-0.39, 0.29) is 12.6 Å². The maximum Gasteiger partial charge on any atom is 0.325 e. The number of carbonyl (C=O) groups is 2. The Morgan fingerprint density at radius 2 is 1.80 bits per heavy atom. The highest BCUT2D eigenvalue weighted by Gasteiger charge is 2.23. The minimum atomic E-state index is -1.02. The average molecular weight is 278 g/mol. The monoisotopic (exact) mass is 278 g/mol. The molecule has 5 heteroatoms. The summed E-state index contributed by atoms with van der Waals surface area (Å²) in [6.45, 7) is 4.85. The number of amides is 2. The summed E-state index contributed by atoms with van der Waals surface area (Å²) in [5, 5.41) is 9.01. The number of carbonyl (C=O) groups excluding carboxylic acids is 1. The normalized spacial score (nSPS) is 10.1. The van der Waals surface area contributed by atoms with Crippen molar-refractivity contribution in [1.29, 1.82) is 0 Å². The van der Waals surface area contributed by atoms with Crippen LogP contribution < -0.4 is 4.90 Å². The molecule has 0 aromatic heterocycles. The van der Waals surface area contributed by atoms with Crippen molar-refractivity contribution in [1.82, 2.24) is 4.90 Å². The van der Waals surface area contributed by atoms with E-state index in [4.69, 9.17) is 5.11 Å². The van der Waals surface area contributed by atoms with E-state index in [9.17, 15) is 9.59 Å². The zero-order valence-electron chi connectivity index (χ0n) is 12.1. The van der Waals surface area contributed by atoms with Gasteiger partial charge in [-0.05, 0) is 25.5 Å². The van der Waals surface area contributed by atoms with Crippen LogP contribution in [0.2, 0.25) is 0 Å². The highest BCUT2D eigenvalue weighted by Crippen LogP contribution is 2.15. The Morgan fingerprint density at radius 3 is 2.30 bits per heavy atom. The van der Waals surface area contributed by atoms with Gasteiger partial charge in [-0.2, -0.15) is 0 Å². The van der Waals surface area contributed by atoms with E-state index in [0.717, 1.165) is 12.8 Å². The molecule has 5 nitrogen and oxygen atoms in total. The highest BCUT2D eigenvalue weighted by molar-refractivity contribution is 5.96. The molecular formula is C15H22N2O3. The standard InChI is InChI=1S/C15H22N2O3/c1-3-5-11-16(4-2)15(20)17(12-14(18)19)13-9-7-6-8-10-13/h6-10H,3-5,11-12H2,1-2H3,(H,18,19). The number of hydrogen-bond donors (Lipinski definition) is 1.